The van der Waals surface area contributed by atoms with Crippen molar-refractivity contribution in [2.75, 3.05) is 6.61 Å². The number of allylic oxidation sites excluding steroid dienone is 2. The summed E-state index contributed by atoms with van der Waals surface area (Å²) in [5, 5.41) is 0. The first-order valence-corrected chi connectivity index (χ1v) is 31.0. The summed E-state index contributed by atoms with van der Waals surface area (Å²) >= 11 is -4.36. The van der Waals surface area contributed by atoms with E-state index in [1.165, 1.54) is 27.8 Å². The second-order valence-corrected chi connectivity index (χ2v) is 57.6. The first-order chi connectivity index (χ1) is 14.5. The summed E-state index contributed by atoms with van der Waals surface area (Å²) in [5.41, 5.74) is 6.66. The SMILES string of the molecule is C[SiH](C)[Zr]([Cl])([Cl])([CH]1C=Cc2ccccc21)[CH]1C=C(CCO[Si](C)(C)C)c2ccccc21. The number of halogens is 2. The Morgan fingerprint density at radius 2 is 1.58 bits per heavy atom. The molecule has 1 nitrogen and oxygen atoms in total. The van der Waals surface area contributed by atoms with E-state index in [9.17, 15) is 0 Å². The number of fused-ring (bicyclic) bond motifs is 2. The van der Waals surface area contributed by atoms with Gasteiger partial charge in [-0.3, -0.25) is 0 Å². The average Bonchev–Trinajstić information content (AvgIpc) is 3.30. The maximum absolute atomic E-state index is 7.99. The Morgan fingerprint density at radius 3 is 2.26 bits per heavy atom. The van der Waals surface area contributed by atoms with Crippen LogP contribution in [0.2, 0.25) is 32.7 Å². The van der Waals surface area contributed by atoms with E-state index in [1.807, 2.05) is 0 Å². The van der Waals surface area contributed by atoms with E-state index < -0.39 is 29.8 Å². The molecule has 0 heterocycles. The van der Waals surface area contributed by atoms with E-state index in [-0.39, 0.29) is 7.25 Å². The van der Waals surface area contributed by atoms with Crippen molar-refractivity contribution in [3.63, 3.8) is 0 Å². The van der Waals surface area contributed by atoms with Crippen molar-refractivity contribution in [3.8, 4) is 0 Å². The third-order valence-corrected chi connectivity index (χ3v) is 60.1. The van der Waals surface area contributed by atoms with Gasteiger partial charge in [0.25, 0.3) is 0 Å². The van der Waals surface area contributed by atoms with Crippen molar-refractivity contribution in [3.05, 3.63) is 82.9 Å². The summed E-state index contributed by atoms with van der Waals surface area (Å²) in [4.78, 5) is 0. The van der Waals surface area contributed by atoms with E-state index in [2.05, 4.69) is 99.5 Å². The molecule has 2 aliphatic carbocycles. The zero-order chi connectivity index (χ0) is 22.5. The Bertz CT molecular complexity index is 1060. The minimum atomic E-state index is -4.36. The second-order valence-electron chi connectivity index (χ2n) is 10.3. The van der Waals surface area contributed by atoms with Gasteiger partial charge in [-0.15, -0.1) is 0 Å². The van der Waals surface area contributed by atoms with Gasteiger partial charge in [-0.2, -0.15) is 0 Å². The molecule has 2 atom stereocenters. The van der Waals surface area contributed by atoms with Gasteiger partial charge in [0.1, 0.15) is 0 Å². The molecule has 0 aliphatic heterocycles. The van der Waals surface area contributed by atoms with Gasteiger partial charge in [0.05, 0.1) is 0 Å². The van der Waals surface area contributed by atoms with Gasteiger partial charge < -0.3 is 0 Å². The molecular weight excluding hydrogens is 535 g/mol. The Hall–Kier alpha value is -0.223. The monoisotopic (exact) mass is 565 g/mol. The molecular formula is C25H33Cl2OSi2Zr. The van der Waals surface area contributed by atoms with Crippen molar-refractivity contribution >= 4 is 42.9 Å². The topological polar surface area (TPSA) is 9.23 Å². The van der Waals surface area contributed by atoms with Gasteiger partial charge in [0.15, 0.2) is 0 Å². The Balaban J connectivity index is 1.79. The van der Waals surface area contributed by atoms with Crippen LogP contribution in [0.3, 0.4) is 0 Å². The first kappa shape index (κ1) is 23.9. The minimum absolute atomic E-state index is 0.162. The van der Waals surface area contributed by atoms with Crippen LogP contribution in [0.5, 0.6) is 0 Å². The van der Waals surface area contributed by atoms with Crippen LogP contribution < -0.4 is 0 Å². The van der Waals surface area contributed by atoms with E-state index in [0.717, 1.165) is 13.0 Å². The third-order valence-electron chi connectivity index (χ3n) is 7.01. The van der Waals surface area contributed by atoms with Crippen molar-refractivity contribution in [1.82, 2.24) is 0 Å². The van der Waals surface area contributed by atoms with Crippen molar-refractivity contribution in [1.29, 1.82) is 0 Å². The molecule has 2 aliphatic rings. The molecule has 0 bridgehead atoms. The summed E-state index contributed by atoms with van der Waals surface area (Å²) in [5.74, 6) is -1.40. The molecule has 0 fully saturated rings. The summed E-state index contributed by atoms with van der Waals surface area (Å²) in [6.07, 6.45) is 7.94. The van der Waals surface area contributed by atoms with Crippen LogP contribution in [0.25, 0.3) is 11.6 Å². The van der Waals surface area contributed by atoms with Gasteiger partial charge in [0, 0.05) is 0 Å². The zero-order valence-corrected chi connectivity index (χ0v) is 25.3. The van der Waals surface area contributed by atoms with Crippen LogP contribution >= 0.6 is 17.0 Å². The van der Waals surface area contributed by atoms with Gasteiger partial charge in [-0.25, -0.2) is 0 Å². The molecule has 0 aromatic heterocycles. The standard InChI is InChI=1S/C14H19OSi.C9H7.C2H7Si.2ClH.Zr/c1-16(2,3)15-11-10-13-9-8-12-6-4-5-7-14(12)13;1-2-5-9-7-3-6-8(9)4-1;1-3-2;;;/h4-9H,10-11H2,1-3H3;1-7H;3H,1-2H3;2*1H;/q;;;;;+2/p-2. The number of hydrogen-bond acceptors (Lipinski definition) is 1. The molecule has 0 radical (unpaired) electrons. The molecule has 0 saturated heterocycles. The predicted molar refractivity (Wildman–Crippen MR) is 140 cm³/mol. The average molecular weight is 568 g/mol. The third kappa shape index (κ3) is 4.22. The zero-order valence-electron chi connectivity index (χ0n) is 19.2. The van der Waals surface area contributed by atoms with Crippen LogP contribution in [0, 0.1) is 0 Å². The van der Waals surface area contributed by atoms with Crippen molar-refractivity contribution < 1.29 is 20.0 Å². The molecule has 0 saturated carbocycles. The molecule has 0 spiro atoms. The van der Waals surface area contributed by atoms with E-state index in [1.54, 1.807) is 0 Å². The summed E-state index contributed by atoms with van der Waals surface area (Å²) in [7, 11) is 14.4. The molecule has 4 rings (SSSR count). The van der Waals surface area contributed by atoms with E-state index in [0.29, 0.717) is 0 Å². The van der Waals surface area contributed by atoms with Gasteiger partial charge in [-0.05, 0) is 0 Å². The normalized spacial score (nSPS) is 21.5. The van der Waals surface area contributed by atoms with Crippen LogP contribution in [-0.2, 0) is 20.0 Å². The number of rotatable bonds is 7. The fraction of sp³-hybridized carbons (Fsp3) is 0.360. The molecule has 6 heteroatoms. The van der Waals surface area contributed by atoms with Crippen LogP contribution in [0.15, 0.2) is 60.7 Å². The Kier molecular flexibility index (Phi) is 6.58. The molecule has 2 unspecified atom stereocenters. The van der Waals surface area contributed by atoms with Crippen LogP contribution in [-0.4, -0.2) is 20.8 Å². The van der Waals surface area contributed by atoms with Gasteiger partial charge in [-0.1, -0.05) is 0 Å². The summed E-state index contributed by atoms with van der Waals surface area (Å²) in [6.45, 7) is 12.3. The molecule has 2 aromatic carbocycles. The van der Waals surface area contributed by atoms with E-state index >= 15 is 0 Å². The first-order valence-electron chi connectivity index (χ1n) is 11.3. The van der Waals surface area contributed by atoms with Crippen molar-refractivity contribution in [2.45, 2.75) is 46.4 Å². The van der Waals surface area contributed by atoms with Crippen LogP contribution in [0.1, 0.15) is 35.9 Å². The summed E-state index contributed by atoms with van der Waals surface area (Å²) in [6, 6.07) is 17.5. The fourth-order valence-electron chi connectivity index (χ4n) is 5.22. The summed E-state index contributed by atoms with van der Waals surface area (Å²) < 4.78 is 6.54. The molecule has 0 N–H and O–H groups in total. The second kappa shape index (κ2) is 8.53. The fourth-order valence-corrected chi connectivity index (χ4v) is 33.3. The molecule has 0 amide bonds. The van der Waals surface area contributed by atoms with Gasteiger partial charge in [0.2, 0.25) is 0 Å². The predicted octanol–water partition coefficient (Wildman–Crippen LogP) is 8.12. The quantitative estimate of drug-likeness (QED) is 0.307. The molecule has 165 valence electrons. The molecule has 2 aromatic rings. The van der Waals surface area contributed by atoms with Crippen LogP contribution in [0.4, 0.5) is 0 Å². The Morgan fingerprint density at radius 1 is 0.935 bits per heavy atom. The van der Waals surface area contributed by atoms with Gasteiger partial charge >= 0.3 is 199 Å². The molecule has 31 heavy (non-hydrogen) atoms. The van der Waals surface area contributed by atoms with Crippen molar-refractivity contribution in [2.24, 2.45) is 0 Å². The van der Waals surface area contributed by atoms with E-state index in [4.69, 9.17) is 21.5 Å². The Labute approximate surface area is 197 Å². The maximum atomic E-state index is 7.99. The number of benzene rings is 2. The number of hydrogen-bond donors (Lipinski definition) is 0.